The van der Waals surface area contributed by atoms with Crippen molar-refractivity contribution in [2.45, 2.75) is 36.3 Å². The molecule has 1 aromatic carbocycles. The lowest BCUT2D eigenvalue weighted by Gasteiger charge is -2.28. The summed E-state index contributed by atoms with van der Waals surface area (Å²) in [6, 6.07) is 2.39. The van der Waals surface area contributed by atoms with E-state index in [9.17, 15) is 39.2 Å². The normalized spacial score (nSPS) is 14.2. The number of hydrogen-bond acceptors (Lipinski definition) is 2. The lowest BCUT2D eigenvalue weighted by atomic mass is 10.00. The molecule has 0 aliphatic heterocycles. The van der Waals surface area contributed by atoms with E-state index < -0.39 is 45.0 Å². The topological polar surface area (TPSA) is 54.4 Å². The highest BCUT2D eigenvalue weighted by atomic mass is 32.2. The second kappa shape index (κ2) is 5.37. The van der Waals surface area contributed by atoms with Crippen molar-refractivity contribution in [2.24, 2.45) is 0 Å². The second-order valence-corrected chi connectivity index (χ2v) is 5.93. The van der Waals surface area contributed by atoms with Crippen LogP contribution in [0, 0.1) is 6.92 Å². The zero-order valence-electron chi connectivity index (χ0n) is 10.8. The predicted octanol–water partition coefficient (Wildman–Crippen LogP) is 3.62. The Morgan fingerprint density at radius 1 is 1.05 bits per heavy atom. The Kier molecular flexibility index (Phi) is 4.56. The maximum Gasteiger partial charge on any atom is 0.459 e. The van der Waals surface area contributed by atoms with E-state index in [4.69, 9.17) is 4.55 Å². The Balaban J connectivity index is 3.39. The van der Waals surface area contributed by atoms with E-state index in [0.29, 0.717) is 12.1 Å². The van der Waals surface area contributed by atoms with Crippen LogP contribution in [-0.4, -0.2) is 31.0 Å². The standard InChI is InChI=1S/C11H9F7O3S/c1-6-2-3-8(22(19,20)21)7(4-6)5-9(12,13)10(14,15)11(16,17)18/h2-4H,5H2,1H3,(H,19,20,21). The molecular formula is C11H9F7O3S. The summed E-state index contributed by atoms with van der Waals surface area (Å²) in [4.78, 5) is -1.16. The molecule has 0 aliphatic rings. The van der Waals surface area contributed by atoms with Gasteiger partial charge in [-0.05, 0) is 18.6 Å². The first-order chi connectivity index (χ1) is 9.59. The molecule has 0 spiro atoms. The van der Waals surface area contributed by atoms with Gasteiger partial charge in [-0.1, -0.05) is 17.7 Å². The molecule has 0 aromatic heterocycles. The summed E-state index contributed by atoms with van der Waals surface area (Å²) in [5.74, 6) is -12.0. The van der Waals surface area contributed by atoms with Crippen molar-refractivity contribution < 1.29 is 43.7 Å². The maximum atomic E-state index is 13.3. The molecule has 0 heterocycles. The SMILES string of the molecule is Cc1ccc(S(=O)(=O)O)c(CC(F)(F)C(F)(F)C(F)(F)F)c1. The molecule has 1 rings (SSSR count). The average molecular weight is 354 g/mol. The molecular weight excluding hydrogens is 345 g/mol. The Labute approximate surface area is 120 Å². The smallest absolute Gasteiger partial charge is 0.282 e. The average Bonchev–Trinajstić information content (AvgIpc) is 2.24. The van der Waals surface area contributed by atoms with Crippen LogP contribution in [0.15, 0.2) is 23.1 Å². The fourth-order valence-corrected chi connectivity index (χ4v) is 2.36. The first kappa shape index (κ1) is 18.7. The Morgan fingerprint density at radius 2 is 1.55 bits per heavy atom. The minimum absolute atomic E-state index is 0.133. The van der Waals surface area contributed by atoms with Crippen LogP contribution < -0.4 is 0 Å². The van der Waals surface area contributed by atoms with Crippen molar-refractivity contribution in [2.75, 3.05) is 0 Å². The van der Waals surface area contributed by atoms with Crippen molar-refractivity contribution in [1.29, 1.82) is 0 Å². The third-order valence-corrected chi connectivity index (χ3v) is 3.68. The predicted molar refractivity (Wildman–Crippen MR) is 60.6 cm³/mol. The van der Waals surface area contributed by atoms with Gasteiger partial charge < -0.3 is 0 Å². The molecule has 3 nitrogen and oxygen atoms in total. The van der Waals surface area contributed by atoms with E-state index in [-0.39, 0.29) is 5.56 Å². The molecule has 1 N–H and O–H groups in total. The monoisotopic (exact) mass is 354 g/mol. The van der Waals surface area contributed by atoms with E-state index in [0.717, 1.165) is 6.07 Å². The fourth-order valence-electron chi connectivity index (χ4n) is 1.66. The fraction of sp³-hybridized carbons (Fsp3) is 0.455. The van der Waals surface area contributed by atoms with Gasteiger partial charge in [0.15, 0.2) is 0 Å². The molecule has 126 valence electrons. The van der Waals surface area contributed by atoms with Gasteiger partial charge in [-0.3, -0.25) is 4.55 Å². The van der Waals surface area contributed by atoms with E-state index >= 15 is 0 Å². The van der Waals surface area contributed by atoms with Gasteiger partial charge in [0.2, 0.25) is 0 Å². The van der Waals surface area contributed by atoms with Crippen molar-refractivity contribution in [3.63, 3.8) is 0 Å². The Bertz CT molecular complexity index is 665. The van der Waals surface area contributed by atoms with E-state index in [2.05, 4.69) is 0 Å². The van der Waals surface area contributed by atoms with Gasteiger partial charge in [0.05, 0.1) is 4.90 Å². The summed E-state index contributed by atoms with van der Waals surface area (Å²) < 4.78 is 119. The highest BCUT2D eigenvalue weighted by molar-refractivity contribution is 7.85. The lowest BCUT2D eigenvalue weighted by molar-refractivity contribution is -0.354. The highest BCUT2D eigenvalue weighted by Gasteiger charge is 2.72. The van der Waals surface area contributed by atoms with Crippen molar-refractivity contribution in [3.05, 3.63) is 29.3 Å². The summed E-state index contributed by atoms with van der Waals surface area (Å²) in [5.41, 5.74) is -0.912. The number of halogens is 7. The van der Waals surface area contributed by atoms with Gasteiger partial charge >= 0.3 is 18.0 Å². The zero-order chi connectivity index (χ0) is 17.6. The molecule has 0 unspecified atom stereocenters. The van der Waals surface area contributed by atoms with Crippen LogP contribution in [0.3, 0.4) is 0 Å². The van der Waals surface area contributed by atoms with Gasteiger partial charge in [-0.2, -0.15) is 39.2 Å². The van der Waals surface area contributed by atoms with E-state index in [1.54, 1.807) is 0 Å². The van der Waals surface area contributed by atoms with Crippen LogP contribution >= 0.6 is 0 Å². The quantitative estimate of drug-likeness (QED) is 0.664. The number of rotatable bonds is 4. The molecule has 0 fully saturated rings. The van der Waals surface area contributed by atoms with Crippen LogP contribution in [0.25, 0.3) is 0 Å². The summed E-state index contributed by atoms with van der Waals surface area (Å²) in [6.07, 6.45) is -8.73. The lowest BCUT2D eigenvalue weighted by Crippen LogP contribution is -2.53. The molecule has 0 amide bonds. The largest absolute Gasteiger partial charge is 0.459 e. The molecule has 0 atom stereocenters. The second-order valence-electron chi connectivity index (χ2n) is 4.54. The number of hydrogen-bond donors (Lipinski definition) is 1. The summed E-state index contributed by atoms with van der Waals surface area (Å²) >= 11 is 0. The van der Waals surface area contributed by atoms with Crippen molar-refractivity contribution in [1.82, 2.24) is 0 Å². The van der Waals surface area contributed by atoms with Gasteiger partial charge in [0.25, 0.3) is 10.1 Å². The van der Waals surface area contributed by atoms with E-state index in [1.165, 1.54) is 6.92 Å². The number of benzene rings is 1. The maximum absolute atomic E-state index is 13.3. The molecule has 0 bridgehead atoms. The third-order valence-electron chi connectivity index (χ3n) is 2.72. The van der Waals surface area contributed by atoms with Gasteiger partial charge in [-0.25, -0.2) is 0 Å². The Hall–Kier alpha value is -1.36. The first-order valence-corrected chi connectivity index (χ1v) is 6.93. The number of alkyl halides is 7. The van der Waals surface area contributed by atoms with Crippen LogP contribution in [0.5, 0.6) is 0 Å². The zero-order valence-corrected chi connectivity index (χ0v) is 11.6. The summed E-state index contributed by atoms with van der Waals surface area (Å²) in [6.45, 7) is 1.28. The summed E-state index contributed by atoms with van der Waals surface area (Å²) in [5, 5.41) is 0. The van der Waals surface area contributed by atoms with Crippen LogP contribution in [0.1, 0.15) is 11.1 Å². The minimum atomic E-state index is -6.52. The van der Waals surface area contributed by atoms with Crippen LogP contribution in [0.4, 0.5) is 30.7 Å². The highest BCUT2D eigenvalue weighted by Crippen LogP contribution is 2.48. The van der Waals surface area contributed by atoms with E-state index in [1.807, 2.05) is 0 Å². The van der Waals surface area contributed by atoms with Crippen LogP contribution in [0.2, 0.25) is 0 Å². The first-order valence-electron chi connectivity index (χ1n) is 5.49. The molecule has 22 heavy (non-hydrogen) atoms. The molecule has 0 saturated carbocycles. The minimum Gasteiger partial charge on any atom is -0.282 e. The molecule has 0 aliphatic carbocycles. The Morgan fingerprint density at radius 3 is 1.95 bits per heavy atom. The number of aryl methyl sites for hydroxylation is 1. The van der Waals surface area contributed by atoms with Crippen molar-refractivity contribution in [3.8, 4) is 0 Å². The molecule has 0 radical (unpaired) electrons. The summed E-state index contributed by atoms with van der Waals surface area (Å²) in [7, 11) is -5.06. The third kappa shape index (κ3) is 3.51. The van der Waals surface area contributed by atoms with Gasteiger partial charge in [0, 0.05) is 6.42 Å². The van der Waals surface area contributed by atoms with Gasteiger partial charge in [0.1, 0.15) is 0 Å². The molecule has 1 aromatic rings. The molecule has 0 saturated heterocycles. The van der Waals surface area contributed by atoms with Crippen molar-refractivity contribution >= 4 is 10.1 Å². The molecule has 11 heteroatoms. The van der Waals surface area contributed by atoms with Gasteiger partial charge in [-0.15, -0.1) is 0 Å². The van der Waals surface area contributed by atoms with Crippen LogP contribution in [-0.2, 0) is 16.5 Å².